The lowest BCUT2D eigenvalue weighted by molar-refractivity contribution is 0.0821. The highest BCUT2D eigenvalue weighted by atomic mass is 19.1. The van der Waals surface area contributed by atoms with Crippen LogP contribution in [0.25, 0.3) is 0 Å². The summed E-state index contributed by atoms with van der Waals surface area (Å²) in [6.45, 7) is 4.75. The molecule has 1 aliphatic rings. The molecule has 3 nitrogen and oxygen atoms in total. The molecule has 0 spiro atoms. The van der Waals surface area contributed by atoms with Crippen LogP contribution in [0.2, 0.25) is 0 Å². The number of hydrogen-bond acceptors (Lipinski definition) is 2. The molecule has 4 heteroatoms. The lowest BCUT2D eigenvalue weighted by Gasteiger charge is -2.42. The third-order valence-corrected chi connectivity index (χ3v) is 4.18. The first-order valence-electron chi connectivity index (χ1n) is 7.47. The molecule has 110 valence electrons. The van der Waals surface area contributed by atoms with Crippen LogP contribution in [0.1, 0.15) is 56.3 Å². The van der Waals surface area contributed by atoms with Gasteiger partial charge in [-0.25, -0.2) is 4.39 Å². The average Bonchev–Trinajstić information content (AvgIpc) is 2.41. The largest absolute Gasteiger partial charge is 0.382 e. The van der Waals surface area contributed by atoms with Gasteiger partial charge in [-0.1, -0.05) is 19.9 Å². The molecule has 1 aliphatic carbocycles. The van der Waals surface area contributed by atoms with E-state index in [2.05, 4.69) is 17.6 Å². The van der Waals surface area contributed by atoms with Gasteiger partial charge in [0.05, 0.1) is 11.3 Å². The standard InChI is InChI=1S/C16H23FN2O/c1-3-11-18-14-12(7-5-8-13(14)17)15(20)19-16(4-2)9-6-10-16/h5,7-8,18H,3-4,6,9-11H2,1-2H3,(H,19,20). The molecule has 1 amide bonds. The molecule has 2 N–H and O–H groups in total. The molecular weight excluding hydrogens is 255 g/mol. The summed E-state index contributed by atoms with van der Waals surface area (Å²) in [6.07, 6.45) is 4.99. The van der Waals surface area contributed by atoms with Gasteiger partial charge in [-0.3, -0.25) is 4.79 Å². The first-order valence-corrected chi connectivity index (χ1v) is 7.47. The molecule has 1 fully saturated rings. The van der Waals surface area contributed by atoms with Crippen LogP contribution >= 0.6 is 0 Å². The summed E-state index contributed by atoms with van der Waals surface area (Å²) in [7, 11) is 0. The van der Waals surface area contributed by atoms with Crippen molar-refractivity contribution < 1.29 is 9.18 Å². The zero-order chi connectivity index (χ0) is 14.6. The Morgan fingerprint density at radius 1 is 1.35 bits per heavy atom. The van der Waals surface area contributed by atoms with Crippen molar-refractivity contribution in [1.29, 1.82) is 0 Å². The summed E-state index contributed by atoms with van der Waals surface area (Å²) in [5.41, 5.74) is 0.640. The molecule has 0 unspecified atom stereocenters. The van der Waals surface area contributed by atoms with E-state index < -0.39 is 0 Å². The molecule has 1 aromatic rings. The zero-order valence-electron chi connectivity index (χ0n) is 12.3. The molecule has 0 radical (unpaired) electrons. The smallest absolute Gasteiger partial charge is 0.253 e. The number of carbonyl (C=O) groups excluding carboxylic acids is 1. The van der Waals surface area contributed by atoms with E-state index in [1.165, 1.54) is 6.07 Å². The Kier molecular flexibility index (Phi) is 4.63. The van der Waals surface area contributed by atoms with E-state index in [0.717, 1.165) is 32.1 Å². The third-order valence-electron chi connectivity index (χ3n) is 4.18. The summed E-state index contributed by atoms with van der Waals surface area (Å²) in [6, 6.07) is 4.65. The van der Waals surface area contributed by atoms with Gasteiger partial charge in [0.1, 0.15) is 5.82 Å². The lowest BCUT2D eigenvalue weighted by Crippen LogP contribution is -2.53. The van der Waals surface area contributed by atoms with Gasteiger partial charge in [0, 0.05) is 12.1 Å². The van der Waals surface area contributed by atoms with E-state index in [-0.39, 0.29) is 17.3 Å². The van der Waals surface area contributed by atoms with Crippen LogP contribution < -0.4 is 10.6 Å². The van der Waals surface area contributed by atoms with Gasteiger partial charge < -0.3 is 10.6 Å². The maximum Gasteiger partial charge on any atom is 0.253 e. The highest BCUT2D eigenvalue weighted by Gasteiger charge is 2.37. The van der Waals surface area contributed by atoms with Crippen molar-refractivity contribution in [3.05, 3.63) is 29.6 Å². The second-order valence-electron chi connectivity index (χ2n) is 5.53. The van der Waals surface area contributed by atoms with Gasteiger partial charge in [-0.2, -0.15) is 0 Å². The summed E-state index contributed by atoms with van der Waals surface area (Å²) in [4.78, 5) is 12.4. The van der Waals surface area contributed by atoms with Gasteiger partial charge in [-0.05, 0) is 44.2 Å². The zero-order valence-corrected chi connectivity index (χ0v) is 12.3. The fourth-order valence-corrected chi connectivity index (χ4v) is 2.62. The number of hydrogen-bond donors (Lipinski definition) is 2. The van der Waals surface area contributed by atoms with E-state index in [4.69, 9.17) is 0 Å². The van der Waals surface area contributed by atoms with Crippen LogP contribution in [-0.4, -0.2) is 18.0 Å². The van der Waals surface area contributed by atoms with Crippen molar-refractivity contribution in [1.82, 2.24) is 5.32 Å². The quantitative estimate of drug-likeness (QED) is 0.833. The number of halogens is 1. The van der Waals surface area contributed by atoms with Crippen molar-refractivity contribution in [2.75, 3.05) is 11.9 Å². The number of para-hydroxylation sites is 1. The Morgan fingerprint density at radius 2 is 2.10 bits per heavy atom. The molecule has 0 saturated heterocycles. The molecule has 0 aliphatic heterocycles. The van der Waals surface area contributed by atoms with E-state index in [1.807, 2.05) is 6.92 Å². The number of nitrogens with one attached hydrogen (secondary N) is 2. The highest BCUT2D eigenvalue weighted by Crippen LogP contribution is 2.35. The Hall–Kier alpha value is -1.58. The minimum Gasteiger partial charge on any atom is -0.382 e. The van der Waals surface area contributed by atoms with Gasteiger partial charge >= 0.3 is 0 Å². The van der Waals surface area contributed by atoms with Gasteiger partial charge in [0.25, 0.3) is 5.91 Å². The van der Waals surface area contributed by atoms with Crippen LogP contribution in [0.15, 0.2) is 18.2 Å². The predicted octanol–water partition coefficient (Wildman–Crippen LogP) is 3.71. The molecule has 1 saturated carbocycles. The highest BCUT2D eigenvalue weighted by molar-refractivity contribution is 6.00. The molecule has 0 bridgehead atoms. The Morgan fingerprint density at radius 3 is 2.65 bits per heavy atom. The van der Waals surface area contributed by atoms with Crippen molar-refractivity contribution in [2.45, 2.75) is 51.5 Å². The lowest BCUT2D eigenvalue weighted by atomic mass is 9.74. The maximum atomic E-state index is 13.9. The molecule has 20 heavy (non-hydrogen) atoms. The van der Waals surface area contributed by atoms with Crippen LogP contribution in [-0.2, 0) is 0 Å². The minimum atomic E-state index is -0.370. The van der Waals surface area contributed by atoms with E-state index >= 15 is 0 Å². The third kappa shape index (κ3) is 2.94. The molecule has 0 aromatic heterocycles. The van der Waals surface area contributed by atoms with Crippen LogP contribution in [0, 0.1) is 5.82 Å². The summed E-state index contributed by atoms with van der Waals surface area (Å²) < 4.78 is 13.9. The Labute approximate surface area is 120 Å². The normalized spacial score (nSPS) is 16.4. The molecule has 0 heterocycles. The van der Waals surface area contributed by atoms with Gasteiger partial charge in [0.2, 0.25) is 0 Å². The second-order valence-corrected chi connectivity index (χ2v) is 5.53. The number of benzene rings is 1. The summed E-state index contributed by atoms with van der Waals surface area (Å²) in [5, 5.41) is 6.11. The second kappa shape index (κ2) is 6.25. The van der Waals surface area contributed by atoms with Gasteiger partial charge in [-0.15, -0.1) is 0 Å². The maximum absolute atomic E-state index is 13.9. The van der Waals surface area contributed by atoms with Crippen LogP contribution in [0.5, 0.6) is 0 Å². The Balaban J connectivity index is 2.18. The molecular formula is C16H23FN2O. The van der Waals surface area contributed by atoms with Crippen molar-refractivity contribution in [3.8, 4) is 0 Å². The molecule has 2 rings (SSSR count). The Bertz CT molecular complexity index is 478. The number of amides is 1. The van der Waals surface area contributed by atoms with Gasteiger partial charge in [0.15, 0.2) is 0 Å². The van der Waals surface area contributed by atoms with Crippen LogP contribution in [0.4, 0.5) is 10.1 Å². The first kappa shape index (κ1) is 14.8. The SMILES string of the molecule is CCCNc1c(F)cccc1C(=O)NC1(CC)CCC1. The summed E-state index contributed by atoms with van der Waals surface area (Å²) in [5.74, 6) is -0.546. The van der Waals surface area contributed by atoms with Crippen molar-refractivity contribution >= 4 is 11.6 Å². The fourth-order valence-electron chi connectivity index (χ4n) is 2.62. The van der Waals surface area contributed by atoms with Crippen molar-refractivity contribution in [3.63, 3.8) is 0 Å². The van der Waals surface area contributed by atoms with Crippen LogP contribution in [0.3, 0.4) is 0 Å². The molecule has 0 atom stereocenters. The predicted molar refractivity (Wildman–Crippen MR) is 79.5 cm³/mol. The molecule has 1 aromatic carbocycles. The van der Waals surface area contributed by atoms with Crippen molar-refractivity contribution in [2.24, 2.45) is 0 Å². The topological polar surface area (TPSA) is 41.1 Å². The fraction of sp³-hybridized carbons (Fsp3) is 0.562. The number of anilines is 1. The summed E-state index contributed by atoms with van der Waals surface area (Å²) >= 11 is 0. The average molecular weight is 278 g/mol. The monoisotopic (exact) mass is 278 g/mol. The number of rotatable bonds is 6. The van der Waals surface area contributed by atoms with E-state index in [9.17, 15) is 9.18 Å². The first-order chi connectivity index (χ1) is 9.62. The van der Waals surface area contributed by atoms with E-state index in [0.29, 0.717) is 17.8 Å². The number of carbonyl (C=O) groups is 1. The minimum absolute atomic E-state index is 0.0779. The van der Waals surface area contributed by atoms with E-state index in [1.54, 1.807) is 12.1 Å².